The lowest BCUT2D eigenvalue weighted by molar-refractivity contribution is -0.137. The van der Waals surface area contributed by atoms with Crippen LogP contribution >= 0.6 is 0 Å². The molecule has 0 radical (unpaired) electrons. The summed E-state index contributed by atoms with van der Waals surface area (Å²) < 4.78 is 37.7. The van der Waals surface area contributed by atoms with Crippen LogP contribution < -0.4 is 10.2 Å². The number of pyridine rings is 1. The van der Waals surface area contributed by atoms with Crippen LogP contribution in [0.4, 0.5) is 19.0 Å². The van der Waals surface area contributed by atoms with Gasteiger partial charge in [0, 0.05) is 31.9 Å². The molecule has 1 N–H and O–H groups in total. The van der Waals surface area contributed by atoms with Gasteiger partial charge < -0.3 is 10.2 Å². The number of rotatable bonds is 2. The van der Waals surface area contributed by atoms with Gasteiger partial charge in [-0.05, 0) is 30.4 Å². The van der Waals surface area contributed by atoms with Crippen LogP contribution in [0.25, 0.3) is 0 Å². The number of nitrogens with one attached hydrogen (secondary N) is 1. The number of hydrogen-bond donors (Lipinski definition) is 1. The maximum atomic E-state index is 12.6. The minimum Gasteiger partial charge on any atom is -0.353 e. The molecule has 3 atom stereocenters. The third kappa shape index (κ3) is 2.26. The predicted molar refractivity (Wildman–Crippen MR) is 70.5 cm³/mol. The van der Waals surface area contributed by atoms with Gasteiger partial charge in [0.2, 0.25) is 0 Å². The Bertz CT molecular complexity index is 472. The topological polar surface area (TPSA) is 28.2 Å². The lowest BCUT2D eigenvalue weighted by Crippen LogP contribution is -2.35. The summed E-state index contributed by atoms with van der Waals surface area (Å²) in [7, 11) is 0. The van der Waals surface area contributed by atoms with Crippen LogP contribution in [0.15, 0.2) is 18.3 Å². The number of fused-ring (bicyclic) bond motifs is 1. The average molecular weight is 285 g/mol. The number of nitrogens with zero attached hydrogens (tertiary/aromatic N) is 2. The second-order valence-electron chi connectivity index (χ2n) is 5.61. The summed E-state index contributed by atoms with van der Waals surface area (Å²) in [6.45, 7) is 5.01. The highest BCUT2D eigenvalue weighted by Gasteiger charge is 2.43. The van der Waals surface area contributed by atoms with Crippen molar-refractivity contribution in [1.29, 1.82) is 0 Å². The maximum Gasteiger partial charge on any atom is 0.417 e. The van der Waals surface area contributed by atoms with Crippen molar-refractivity contribution in [2.45, 2.75) is 25.6 Å². The highest BCUT2D eigenvalue weighted by atomic mass is 19.4. The fourth-order valence-corrected chi connectivity index (χ4v) is 3.53. The lowest BCUT2D eigenvalue weighted by atomic mass is 9.93. The molecule has 0 saturated carbocycles. The van der Waals surface area contributed by atoms with E-state index >= 15 is 0 Å². The van der Waals surface area contributed by atoms with Crippen LogP contribution in [0.5, 0.6) is 0 Å². The average Bonchev–Trinajstić information content (AvgIpc) is 2.97. The first-order valence-electron chi connectivity index (χ1n) is 7.01. The molecule has 1 aromatic heterocycles. The molecule has 2 aliphatic heterocycles. The number of hydrogen-bond acceptors (Lipinski definition) is 3. The van der Waals surface area contributed by atoms with Crippen LogP contribution in [0.2, 0.25) is 0 Å². The van der Waals surface area contributed by atoms with Gasteiger partial charge in [0.05, 0.1) is 5.56 Å². The molecular weight excluding hydrogens is 267 g/mol. The summed E-state index contributed by atoms with van der Waals surface area (Å²) in [4.78, 5) is 6.22. The van der Waals surface area contributed by atoms with E-state index in [9.17, 15) is 13.2 Å². The summed E-state index contributed by atoms with van der Waals surface area (Å²) in [5, 5.41) is 3.39. The van der Waals surface area contributed by atoms with Crippen LogP contribution in [0.1, 0.15) is 18.9 Å². The van der Waals surface area contributed by atoms with Crippen molar-refractivity contribution in [3.05, 3.63) is 23.9 Å². The monoisotopic (exact) mass is 285 g/mol. The second-order valence-corrected chi connectivity index (χ2v) is 5.61. The molecule has 3 rings (SSSR count). The SMILES string of the molecule is CCC1C2CNCC2CN1c1ccc(C(F)(F)F)cn1. The van der Waals surface area contributed by atoms with Gasteiger partial charge in [-0.3, -0.25) is 0 Å². The van der Waals surface area contributed by atoms with Crippen LogP contribution in [0.3, 0.4) is 0 Å². The molecule has 0 aromatic carbocycles. The molecule has 6 heteroatoms. The minimum absolute atomic E-state index is 0.374. The number of halogens is 3. The molecule has 2 saturated heterocycles. The van der Waals surface area contributed by atoms with E-state index < -0.39 is 11.7 Å². The van der Waals surface area contributed by atoms with E-state index in [1.807, 2.05) is 0 Å². The fraction of sp³-hybridized carbons (Fsp3) is 0.643. The molecule has 0 bridgehead atoms. The molecular formula is C14H18F3N3. The number of aromatic nitrogens is 1. The third-order valence-electron chi connectivity index (χ3n) is 4.51. The highest BCUT2D eigenvalue weighted by molar-refractivity contribution is 5.43. The van der Waals surface area contributed by atoms with Gasteiger partial charge in [0.25, 0.3) is 0 Å². The minimum atomic E-state index is -4.32. The van der Waals surface area contributed by atoms with Gasteiger partial charge in [-0.15, -0.1) is 0 Å². The Balaban J connectivity index is 1.82. The van der Waals surface area contributed by atoms with E-state index in [2.05, 4.69) is 22.1 Å². The molecule has 0 spiro atoms. The third-order valence-corrected chi connectivity index (χ3v) is 4.51. The van der Waals surface area contributed by atoms with Crippen molar-refractivity contribution in [2.24, 2.45) is 11.8 Å². The highest BCUT2D eigenvalue weighted by Crippen LogP contribution is 2.37. The normalized spacial score (nSPS) is 29.8. The molecule has 0 aliphatic carbocycles. The molecule has 3 unspecified atom stereocenters. The Morgan fingerprint density at radius 2 is 2.15 bits per heavy atom. The van der Waals surface area contributed by atoms with Crippen molar-refractivity contribution in [3.63, 3.8) is 0 Å². The zero-order valence-corrected chi connectivity index (χ0v) is 11.3. The Morgan fingerprint density at radius 1 is 1.35 bits per heavy atom. The van der Waals surface area contributed by atoms with Gasteiger partial charge in [-0.1, -0.05) is 6.92 Å². The van der Waals surface area contributed by atoms with Crippen molar-refractivity contribution in [1.82, 2.24) is 10.3 Å². The molecule has 0 amide bonds. The lowest BCUT2D eigenvalue weighted by Gasteiger charge is -2.28. The first kappa shape index (κ1) is 13.7. The van der Waals surface area contributed by atoms with Crippen LogP contribution in [-0.2, 0) is 6.18 Å². The smallest absolute Gasteiger partial charge is 0.353 e. The first-order valence-corrected chi connectivity index (χ1v) is 7.01. The van der Waals surface area contributed by atoms with Crippen LogP contribution in [-0.4, -0.2) is 30.7 Å². The predicted octanol–water partition coefficient (Wildman–Crippen LogP) is 2.53. The summed E-state index contributed by atoms with van der Waals surface area (Å²) in [6.07, 6.45) is -2.39. The molecule has 20 heavy (non-hydrogen) atoms. The molecule has 2 fully saturated rings. The number of anilines is 1. The van der Waals surface area contributed by atoms with E-state index in [0.717, 1.165) is 38.3 Å². The van der Waals surface area contributed by atoms with E-state index in [1.54, 1.807) is 0 Å². The van der Waals surface area contributed by atoms with Gasteiger partial charge in [0.1, 0.15) is 5.82 Å². The molecule has 1 aromatic rings. The van der Waals surface area contributed by atoms with E-state index in [-0.39, 0.29) is 0 Å². The van der Waals surface area contributed by atoms with E-state index in [0.29, 0.717) is 23.7 Å². The standard InChI is InChI=1S/C14H18F3N3/c1-2-12-11-7-18-5-9(11)8-20(12)13-4-3-10(6-19-13)14(15,16)17/h3-4,6,9,11-12,18H,2,5,7-8H2,1H3. The maximum absolute atomic E-state index is 12.6. The largest absolute Gasteiger partial charge is 0.417 e. The van der Waals surface area contributed by atoms with Gasteiger partial charge >= 0.3 is 6.18 Å². The molecule has 2 aliphatic rings. The molecule has 3 nitrogen and oxygen atoms in total. The Morgan fingerprint density at radius 3 is 2.75 bits per heavy atom. The summed E-state index contributed by atoms with van der Waals surface area (Å²) in [5.74, 6) is 1.84. The second kappa shape index (κ2) is 4.91. The van der Waals surface area contributed by atoms with E-state index in [4.69, 9.17) is 0 Å². The number of alkyl halides is 3. The first-order chi connectivity index (χ1) is 9.50. The van der Waals surface area contributed by atoms with Crippen molar-refractivity contribution in [2.75, 3.05) is 24.5 Å². The van der Waals surface area contributed by atoms with Crippen molar-refractivity contribution >= 4 is 5.82 Å². The fourth-order valence-electron chi connectivity index (χ4n) is 3.53. The van der Waals surface area contributed by atoms with Crippen molar-refractivity contribution in [3.8, 4) is 0 Å². The molecule has 110 valence electrons. The summed E-state index contributed by atoms with van der Waals surface area (Å²) in [6, 6.07) is 3.00. The summed E-state index contributed by atoms with van der Waals surface area (Å²) in [5.41, 5.74) is -0.685. The zero-order chi connectivity index (χ0) is 14.3. The Kier molecular flexibility index (Phi) is 3.36. The van der Waals surface area contributed by atoms with E-state index in [1.165, 1.54) is 6.07 Å². The Labute approximate surface area is 116 Å². The van der Waals surface area contributed by atoms with Gasteiger partial charge in [-0.25, -0.2) is 4.98 Å². The Hall–Kier alpha value is -1.30. The summed E-state index contributed by atoms with van der Waals surface area (Å²) >= 11 is 0. The van der Waals surface area contributed by atoms with Gasteiger partial charge in [0.15, 0.2) is 0 Å². The zero-order valence-electron chi connectivity index (χ0n) is 11.3. The van der Waals surface area contributed by atoms with Gasteiger partial charge in [-0.2, -0.15) is 13.2 Å². The quantitative estimate of drug-likeness (QED) is 0.905. The molecule has 3 heterocycles. The van der Waals surface area contributed by atoms with Crippen LogP contribution in [0, 0.1) is 11.8 Å². The van der Waals surface area contributed by atoms with Crippen molar-refractivity contribution < 1.29 is 13.2 Å².